The largest absolute Gasteiger partial charge is 0.459 e. The summed E-state index contributed by atoms with van der Waals surface area (Å²) >= 11 is 0. The van der Waals surface area contributed by atoms with E-state index in [0.29, 0.717) is 37.4 Å². The lowest BCUT2D eigenvalue weighted by atomic mass is 10.0. The summed E-state index contributed by atoms with van der Waals surface area (Å²) in [5, 5.41) is 7.71. The lowest BCUT2D eigenvalue weighted by molar-refractivity contribution is -0.117. The van der Waals surface area contributed by atoms with Crippen molar-refractivity contribution in [2.45, 2.75) is 18.9 Å². The Morgan fingerprint density at radius 2 is 1.75 bits per heavy atom. The van der Waals surface area contributed by atoms with E-state index in [0.717, 1.165) is 16.8 Å². The Labute approximate surface area is 207 Å². The number of furan rings is 1. The highest BCUT2D eigenvalue weighted by atomic mass is 19.1. The standard InChI is InChI=1S/C28H25FN4O3/c29-22-11-8-20(9-12-22)27-21(19-33(31-27)24-5-2-1-3-6-24)10-13-26(34)30-23-14-16-32(17-15-23)28(35)25-7-4-18-36-25/h1-13,18-19,23H,14-17H2,(H,30,34)/b13-10+. The smallest absolute Gasteiger partial charge is 0.289 e. The van der Waals surface area contributed by atoms with Crippen molar-refractivity contribution in [3.05, 3.63) is 102 Å². The van der Waals surface area contributed by atoms with E-state index in [1.54, 1.807) is 39.9 Å². The Kier molecular flexibility index (Phi) is 6.75. The zero-order valence-electron chi connectivity index (χ0n) is 19.5. The average Bonchev–Trinajstić information content (AvgIpc) is 3.59. The Bertz CT molecular complexity index is 1350. The summed E-state index contributed by atoms with van der Waals surface area (Å²) in [6.45, 7) is 1.10. The van der Waals surface area contributed by atoms with Crippen LogP contribution in [-0.2, 0) is 4.79 Å². The van der Waals surface area contributed by atoms with Gasteiger partial charge >= 0.3 is 0 Å². The summed E-state index contributed by atoms with van der Waals surface area (Å²) in [7, 11) is 0. The SMILES string of the molecule is O=C(/C=C/c1cn(-c2ccccc2)nc1-c1ccc(F)cc1)NC1CCN(C(=O)c2ccco2)CC1. The minimum atomic E-state index is -0.324. The molecule has 2 aromatic carbocycles. The lowest BCUT2D eigenvalue weighted by Crippen LogP contribution is -2.46. The van der Waals surface area contributed by atoms with Crippen LogP contribution in [0.1, 0.15) is 29.0 Å². The summed E-state index contributed by atoms with van der Waals surface area (Å²) < 4.78 is 20.4. The molecule has 0 spiro atoms. The molecule has 0 atom stereocenters. The molecule has 4 aromatic rings. The molecule has 1 N–H and O–H groups in total. The molecule has 1 aliphatic heterocycles. The van der Waals surface area contributed by atoms with Gasteiger partial charge < -0.3 is 14.6 Å². The second-order valence-electron chi connectivity index (χ2n) is 8.61. The summed E-state index contributed by atoms with van der Waals surface area (Å²) in [5.41, 5.74) is 3.01. The molecule has 0 aliphatic carbocycles. The molecule has 0 unspecified atom stereocenters. The number of hydrogen-bond acceptors (Lipinski definition) is 4. The van der Waals surface area contributed by atoms with E-state index in [-0.39, 0.29) is 23.7 Å². The van der Waals surface area contributed by atoms with Crippen molar-refractivity contribution in [1.82, 2.24) is 20.0 Å². The monoisotopic (exact) mass is 484 g/mol. The van der Waals surface area contributed by atoms with Gasteiger partial charge in [0.2, 0.25) is 5.91 Å². The zero-order chi connectivity index (χ0) is 24.9. The van der Waals surface area contributed by atoms with E-state index < -0.39 is 0 Å². The van der Waals surface area contributed by atoms with Gasteiger partial charge in [-0.3, -0.25) is 9.59 Å². The molecular weight excluding hydrogens is 459 g/mol. The number of benzene rings is 2. The molecule has 0 radical (unpaired) electrons. The minimum Gasteiger partial charge on any atom is -0.459 e. The first-order valence-corrected chi connectivity index (χ1v) is 11.8. The lowest BCUT2D eigenvalue weighted by Gasteiger charge is -2.31. The first-order chi connectivity index (χ1) is 17.6. The van der Waals surface area contributed by atoms with E-state index in [2.05, 4.69) is 10.4 Å². The quantitative estimate of drug-likeness (QED) is 0.402. The van der Waals surface area contributed by atoms with Gasteiger partial charge in [0, 0.05) is 42.5 Å². The summed E-state index contributed by atoms with van der Waals surface area (Å²) in [6.07, 6.45) is 7.86. The van der Waals surface area contributed by atoms with Crippen molar-refractivity contribution in [2.75, 3.05) is 13.1 Å². The van der Waals surface area contributed by atoms with Gasteiger partial charge in [0.25, 0.3) is 5.91 Å². The predicted molar refractivity (Wildman–Crippen MR) is 134 cm³/mol. The fraction of sp³-hybridized carbons (Fsp3) is 0.179. The number of rotatable bonds is 6. The number of hydrogen-bond donors (Lipinski definition) is 1. The third kappa shape index (κ3) is 5.27. The molecule has 1 fully saturated rings. The third-order valence-corrected chi connectivity index (χ3v) is 6.16. The number of nitrogens with zero attached hydrogens (tertiary/aromatic N) is 3. The second-order valence-corrected chi connectivity index (χ2v) is 8.61. The van der Waals surface area contributed by atoms with Gasteiger partial charge in [0.15, 0.2) is 5.76 Å². The number of nitrogens with one attached hydrogen (secondary N) is 1. The first-order valence-electron chi connectivity index (χ1n) is 11.8. The van der Waals surface area contributed by atoms with Crippen LogP contribution in [0, 0.1) is 5.82 Å². The maximum absolute atomic E-state index is 13.5. The predicted octanol–water partition coefficient (Wildman–Crippen LogP) is 4.71. The maximum Gasteiger partial charge on any atom is 0.289 e. The van der Waals surface area contributed by atoms with Crippen LogP contribution in [0.3, 0.4) is 0 Å². The van der Waals surface area contributed by atoms with Crippen molar-refractivity contribution in [1.29, 1.82) is 0 Å². The fourth-order valence-corrected chi connectivity index (χ4v) is 4.25. The Hall–Kier alpha value is -4.46. The van der Waals surface area contributed by atoms with Crippen LogP contribution in [0.25, 0.3) is 23.0 Å². The molecule has 36 heavy (non-hydrogen) atoms. The molecule has 2 amide bonds. The molecule has 1 aliphatic rings. The summed E-state index contributed by atoms with van der Waals surface area (Å²) in [6, 6.07) is 19.1. The minimum absolute atomic E-state index is 0.0218. The van der Waals surface area contributed by atoms with Crippen molar-refractivity contribution >= 4 is 17.9 Å². The number of para-hydroxylation sites is 1. The normalized spacial score (nSPS) is 14.3. The van der Waals surface area contributed by atoms with Gasteiger partial charge in [-0.05, 0) is 67.4 Å². The van der Waals surface area contributed by atoms with E-state index in [1.807, 2.05) is 36.5 Å². The van der Waals surface area contributed by atoms with Crippen LogP contribution in [0.4, 0.5) is 4.39 Å². The van der Waals surface area contributed by atoms with Crippen LogP contribution in [0.15, 0.2) is 89.7 Å². The van der Waals surface area contributed by atoms with Crippen LogP contribution in [-0.4, -0.2) is 45.6 Å². The van der Waals surface area contributed by atoms with Gasteiger partial charge in [0.05, 0.1) is 17.6 Å². The van der Waals surface area contributed by atoms with E-state index in [4.69, 9.17) is 4.42 Å². The van der Waals surface area contributed by atoms with Crippen LogP contribution in [0.2, 0.25) is 0 Å². The Morgan fingerprint density at radius 3 is 2.44 bits per heavy atom. The summed E-state index contributed by atoms with van der Waals surface area (Å²) in [5.74, 6) is -0.347. The first kappa shape index (κ1) is 23.3. The maximum atomic E-state index is 13.5. The molecule has 182 valence electrons. The van der Waals surface area contributed by atoms with Gasteiger partial charge in [-0.15, -0.1) is 0 Å². The highest BCUT2D eigenvalue weighted by Gasteiger charge is 2.25. The van der Waals surface area contributed by atoms with Crippen molar-refractivity contribution < 1.29 is 18.4 Å². The molecule has 5 rings (SSSR count). The molecule has 3 heterocycles. The van der Waals surface area contributed by atoms with E-state index in [1.165, 1.54) is 24.5 Å². The second kappa shape index (κ2) is 10.4. The molecule has 8 heteroatoms. The van der Waals surface area contributed by atoms with Crippen LogP contribution >= 0.6 is 0 Å². The molecule has 0 saturated carbocycles. The Balaban J connectivity index is 1.26. The fourth-order valence-electron chi connectivity index (χ4n) is 4.25. The van der Waals surface area contributed by atoms with E-state index in [9.17, 15) is 14.0 Å². The number of piperidine rings is 1. The number of likely N-dealkylation sites (tertiary alicyclic amines) is 1. The topological polar surface area (TPSA) is 80.4 Å². The molecule has 0 bridgehead atoms. The molecule has 1 saturated heterocycles. The van der Waals surface area contributed by atoms with Crippen molar-refractivity contribution in [3.8, 4) is 16.9 Å². The van der Waals surface area contributed by atoms with Crippen LogP contribution in [0.5, 0.6) is 0 Å². The van der Waals surface area contributed by atoms with Gasteiger partial charge in [0.1, 0.15) is 5.82 Å². The molecule has 7 nitrogen and oxygen atoms in total. The molecular formula is C28H25FN4O3. The number of aromatic nitrogens is 2. The number of carbonyl (C=O) groups is 2. The number of carbonyl (C=O) groups excluding carboxylic acids is 2. The van der Waals surface area contributed by atoms with Crippen molar-refractivity contribution in [3.63, 3.8) is 0 Å². The van der Waals surface area contributed by atoms with Gasteiger partial charge in [-0.2, -0.15) is 5.10 Å². The highest BCUT2D eigenvalue weighted by Crippen LogP contribution is 2.25. The molecule has 2 aromatic heterocycles. The number of halogens is 1. The number of amides is 2. The summed E-state index contributed by atoms with van der Waals surface area (Å²) in [4.78, 5) is 26.9. The highest BCUT2D eigenvalue weighted by molar-refractivity contribution is 5.93. The zero-order valence-corrected chi connectivity index (χ0v) is 19.5. The van der Waals surface area contributed by atoms with Crippen molar-refractivity contribution in [2.24, 2.45) is 0 Å². The van der Waals surface area contributed by atoms with Gasteiger partial charge in [-0.1, -0.05) is 18.2 Å². The Morgan fingerprint density at radius 1 is 1.00 bits per heavy atom. The van der Waals surface area contributed by atoms with Gasteiger partial charge in [-0.25, -0.2) is 9.07 Å². The van der Waals surface area contributed by atoms with Crippen LogP contribution < -0.4 is 5.32 Å². The average molecular weight is 485 g/mol. The van der Waals surface area contributed by atoms with E-state index >= 15 is 0 Å². The third-order valence-electron chi connectivity index (χ3n) is 6.16.